The van der Waals surface area contributed by atoms with E-state index in [4.69, 9.17) is 0 Å². The Hall–Kier alpha value is -1.32. The van der Waals surface area contributed by atoms with Crippen molar-refractivity contribution in [3.8, 4) is 0 Å². The normalized spacial score (nSPS) is 20.9. The molecule has 2 rings (SSSR count). The first-order valence-corrected chi connectivity index (χ1v) is 7.93. The van der Waals surface area contributed by atoms with Crippen LogP contribution in [0.1, 0.15) is 59.2 Å². The summed E-state index contributed by atoms with van der Waals surface area (Å²) < 4.78 is 0. The first kappa shape index (κ1) is 15.1. The van der Waals surface area contributed by atoms with Gasteiger partial charge in [0, 0.05) is 25.1 Å². The minimum absolute atomic E-state index is 0.355. The van der Waals surface area contributed by atoms with E-state index in [0.29, 0.717) is 11.5 Å². The van der Waals surface area contributed by atoms with Crippen molar-refractivity contribution in [2.24, 2.45) is 5.41 Å². The molecule has 0 saturated heterocycles. The van der Waals surface area contributed by atoms with Gasteiger partial charge in [0.1, 0.15) is 17.5 Å². The second kappa shape index (κ2) is 6.42. The Morgan fingerprint density at radius 2 is 2.00 bits per heavy atom. The molecule has 1 aliphatic carbocycles. The highest BCUT2D eigenvalue weighted by atomic mass is 15.1. The van der Waals surface area contributed by atoms with E-state index < -0.39 is 0 Å². The van der Waals surface area contributed by atoms with Gasteiger partial charge in [0.2, 0.25) is 0 Å². The fourth-order valence-electron chi connectivity index (χ4n) is 2.85. The largest absolute Gasteiger partial charge is 0.370 e. The van der Waals surface area contributed by atoms with Crippen molar-refractivity contribution in [3.05, 3.63) is 11.9 Å². The van der Waals surface area contributed by atoms with E-state index >= 15 is 0 Å². The highest BCUT2D eigenvalue weighted by Gasteiger charge is 2.34. The van der Waals surface area contributed by atoms with E-state index in [9.17, 15) is 0 Å². The maximum atomic E-state index is 4.63. The SMILES string of the molecule is CCCNc1cc(NC2CCCC2(C)C)nc(CC)n1. The molecule has 0 amide bonds. The van der Waals surface area contributed by atoms with E-state index in [0.717, 1.165) is 36.8 Å². The fourth-order valence-corrected chi connectivity index (χ4v) is 2.85. The highest BCUT2D eigenvalue weighted by Crippen LogP contribution is 2.38. The van der Waals surface area contributed by atoms with Crippen LogP contribution >= 0.6 is 0 Å². The molecule has 0 bridgehead atoms. The Morgan fingerprint density at radius 1 is 1.25 bits per heavy atom. The van der Waals surface area contributed by atoms with Crippen molar-refractivity contribution >= 4 is 11.6 Å². The van der Waals surface area contributed by atoms with Crippen molar-refractivity contribution in [2.45, 2.75) is 65.8 Å². The molecule has 1 aliphatic rings. The lowest BCUT2D eigenvalue weighted by Crippen LogP contribution is -2.31. The van der Waals surface area contributed by atoms with Crippen molar-refractivity contribution < 1.29 is 0 Å². The smallest absolute Gasteiger partial charge is 0.132 e. The van der Waals surface area contributed by atoms with Crippen LogP contribution < -0.4 is 10.6 Å². The number of hydrogen-bond donors (Lipinski definition) is 2. The van der Waals surface area contributed by atoms with Gasteiger partial charge in [-0.15, -0.1) is 0 Å². The van der Waals surface area contributed by atoms with Gasteiger partial charge in [-0.1, -0.05) is 34.1 Å². The lowest BCUT2D eigenvalue weighted by Gasteiger charge is -2.28. The quantitative estimate of drug-likeness (QED) is 0.828. The third kappa shape index (κ3) is 3.62. The Bertz CT molecular complexity index is 442. The molecule has 0 aliphatic heterocycles. The first-order valence-electron chi connectivity index (χ1n) is 7.93. The van der Waals surface area contributed by atoms with E-state index in [-0.39, 0.29) is 0 Å². The zero-order valence-corrected chi connectivity index (χ0v) is 13.3. The summed E-state index contributed by atoms with van der Waals surface area (Å²) in [5, 5.41) is 7.00. The molecule has 4 nitrogen and oxygen atoms in total. The van der Waals surface area contributed by atoms with Gasteiger partial charge < -0.3 is 10.6 Å². The Balaban J connectivity index is 2.13. The van der Waals surface area contributed by atoms with Gasteiger partial charge in [-0.25, -0.2) is 9.97 Å². The minimum atomic E-state index is 0.355. The predicted molar refractivity (Wildman–Crippen MR) is 85.2 cm³/mol. The molecule has 1 aromatic heterocycles. The van der Waals surface area contributed by atoms with Gasteiger partial charge in [0.15, 0.2) is 0 Å². The van der Waals surface area contributed by atoms with E-state index in [1.54, 1.807) is 0 Å². The lowest BCUT2D eigenvalue weighted by atomic mass is 9.87. The van der Waals surface area contributed by atoms with Crippen LogP contribution in [0.2, 0.25) is 0 Å². The summed E-state index contributed by atoms with van der Waals surface area (Å²) >= 11 is 0. The van der Waals surface area contributed by atoms with Crippen molar-refractivity contribution in [1.82, 2.24) is 9.97 Å². The second-order valence-electron chi connectivity index (χ2n) is 6.41. The zero-order valence-electron chi connectivity index (χ0n) is 13.3. The number of aromatic nitrogens is 2. The van der Waals surface area contributed by atoms with Crippen LogP contribution in [-0.4, -0.2) is 22.6 Å². The molecule has 112 valence electrons. The average molecular weight is 276 g/mol. The number of anilines is 2. The minimum Gasteiger partial charge on any atom is -0.370 e. The Labute approximate surface area is 122 Å². The highest BCUT2D eigenvalue weighted by molar-refractivity contribution is 5.48. The van der Waals surface area contributed by atoms with Gasteiger partial charge in [-0.3, -0.25) is 0 Å². The number of hydrogen-bond acceptors (Lipinski definition) is 4. The van der Waals surface area contributed by atoms with Crippen molar-refractivity contribution in [3.63, 3.8) is 0 Å². The zero-order chi connectivity index (χ0) is 14.6. The molecule has 2 N–H and O–H groups in total. The van der Waals surface area contributed by atoms with Crippen molar-refractivity contribution in [1.29, 1.82) is 0 Å². The molecular formula is C16H28N4. The summed E-state index contributed by atoms with van der Waals surface area (Å²) in [6.45, 7) is 9.90. The maximum Gasteiger partial charge on any atom is 0.132 e. The Morgan fingerprint density at radius 3 is 2.60 bits per heavy atom. The van der Waals surface area contributed by atoms with Crippen LogP contribution in [0.4, 0.5) is 11.6 Å². The van der Waals surface area contributed by atoms with Gasteiger partial charge in [-0.05, 0) is 24.7 Å². The topological polar surface area (TPSA) is 49.8 Å². The third-order valence-electron chi connectivity index (χ3n) is 4.22. The van der Waals surface area contributed by atoms with Crippen molar-refractivity contribution in [2.75, 3.05) is 17.2 Å². The van der Waals surface area contributed by atoms with Gasteiger partial charge in [-0.2, -0.15) is 0 Å². The van der Waals surface area contributed by atoms with E-state index in [1.165, 1.54) is 19.3 Å². The molecule has 0 spiro atoms. The monoisotopic (exact) mass is 276 g/mol. The first-order chi connectivity index (χ1) is 9.55. The molecule has 1 fully saturated rings. The molecule has 1 heterocycles. The summed E-state index contributed by atoms with van der Waals surface area (Å²) in [6.07, 6.45) is 5.79. The van der Waals surface area contributed by atoms with Crippen LogP contribution in [0.5, 0.6) is 0 Å². The molecule has 0 radical (unpaired) electrons. The summed E-state index contributed by atoms with van der Waals surface area (Å²) in [5.41, 5.74) is 0.355. The summed E-state index contributed by atoms with van der Waals surface area (Å²) in [4.78, 5) is 9.16. The van der Waals surface area contributed by atoms with Crippen LogP contribution in [0, 0.1) is 5.41 Å². The third-order valence-corrected chi connectivity index (χ3v) is 4.22. The second-order valence-corrected chi connectivity index (χ2v) is 6.41. The molecule has 1 unspecified atom stereocenters. The van der Waals surface area contributed by atoms with E-state index in [1.807, 2.05) is 6.07 Å². The van der Waals surface area contributed by atoms with E-state index in [2.05, 4.69) is 48.3 Å². The number of aryl methyl sites for hydroxylation is 1. The lowest BCUT2D eigenvalue weighted by molar-refractivity contribution is 0.349. The number of rotatable bonds is 6. The van der Waals surface area contributed by atoms with Gasteiger partial charge in [0.25, 0.3) is 0 Å². The standard InChI is InChI=1S/C16H28N4/c1-5-10-17-14-11-15(20-13(6-2)19-14)18-12-8-7-9-16(12,3)4/h11-12H,5-10H2,1-4H3,(H2,17,18,19,20). The van der Waals surface area contributed by atoms with Crippen LogP contribution in [-0.2, 0) is 6.42 Å². The fraction of sp³-hybridized carbons (Fsp3) is 0.750. The predicted octanol–water partition coefficient (Wildman–Crippen LogP) is 3.85. The summed E-state index contributed by atoms with van der Waals surface area (Å²) in [6, 6.07) is 2.56. The molecular weight excluding hydrogens is 248 g/mol. The van der Waals surface area contributed by atoms with Crippen LogP contribution in [0.15, 0.2) is 6.07 Å². The van der Waals surface area contributed by atoms with Crippen LogP contribution in [0.3, 0.4) is 0 Å². The number of nitrogens with one attached hydrogen (secondary N) is 2. The Kier molecular flexibility index (Phi) is 4.84. The molecule has 0 aromatic carbocycles. The number of nitrogens with zero attached hydrogens (tertiary/aromatic N) is 2. The molecule has 1 aromatic rings. The average Bonchev–Trinajstić information content (AvgIpc) is 2.75. The summed E-state index contributed by atoms with van der Waals surface area (Å²) in [7, 11) is 0. The van der Waals surface area contributed by atoms with Gasteiger partial charge in [0.05, 0.1) is 0 Å². The molecule has 4 heteroatoms. The van der Waals surface area contributed by atoms with Gasteiger partial charge >= 0.3 is 0 Å². The maximum absolute atomic E-state index is 4.63. The summed E-state index contributed by atoms with van der Waals surface area (Å²) in [5.74, 6) is 2.82. The van der Waals surface area contributed by atoms with Crippen LogP contribution in [0.25, 0.3) is 0 Å². The molecule has 1 saturated carbocycles. The molecule has 20 heavy (non-hydrogen) atoms. The molecule has 1 atom stereocenters.